The standard InChI is InChI=1S/C14H19NO4S2/c1-20(16,17)12-8-9-13(14(10-12)21(2,18)19)15-11-6-4-3-5-7-11/h3-4,8-11,15H,5-7H2,1-2H3. The SMILES string of the molecule is CS(=O)(=O)c1ccc(NC2CC=CCC2)c(S(C)(=O)=O)c1. The van der Waals surface area contributed by atoms with Crippen LogP contribution in [0.2, 0.25) is 0 Å². The Bertz CT molecular complexity index is 764. The van der Waals surface area contributed by atoms with Crippen LogP contribution in [0.15, 0.2) is 40.1 Å². The summed E-state index contributed by atoms with van der Waals surface area (Å²) in [5, 5.41) is 3.21. The summed E-state index contributed by atoms with van der Waals surface area (Å²) in [4.78, 5) is 0.0389. The van der Waals surface area contributed by atoms with Gasteiger partial charge in [0.15, 0.2) is 19.7 Å². The summed E-state index contributed by atoms with van der Waals surface area (Å²) in [7, 11) is -6.95. The van der Waals surface area contributed by atoms with Gasteiger partial charge in [-0.25, -0.2) is 16.8 Å². The number of allylic oxidation sites excluding steroid dienone is 1. The minimum atomic E-state index is -3.51. The fourth-order valence-corrected chi connectivity index (χ4v) is 3.89. The summed E-state index contributed by atoms with van der Waals surface area (Å²) in [6, 6.07) is 4.36. The minimum Gasteiger partial charge on any atom is -0.381 e. The fourth-order valence-electron chi connectivity index (χ4n) is 2.30. The Morgan fingerprint density at radius 1 is 1.05 bits per heavy atom. The zero-order valence-corrected chi connectivity index (χ0v) is 13.7. The first-order valence-corrected chi connectivity index (χ1v) is 10.4. The van der Waals surface area contributed by atoms with E-state index in [2.05, 4.69) is 17.5 Å². The van der Waals surface area contributed by atoms with E-state index in [0.717, 1.165) is 31.8 Å². The van der Waals surface area contributed by atoms with Crippen molar-refractivity contribution in [2.24, 2.45) is 0 Å². The van der Waals surface area contributed by atoms with Crippen molar-refractivity contribution in [3.05, 3.63) is 30.4 Å². The van der Waals surface area contributed by atoms with Crippen molar-refractivity contribution in [1.82, 2.24) is 0 Å². The molecule has 0 bridgehead atoms. The van der Waals surface area contributed by atoms with Gasteiger partial charge < -0.3 is 5.32 Å². The number of sulfone groups is 2. The van der Waals surface area contributed by atoms with Gasteiger partial charge in [0, 0.05) is 18.6 Å². The molecule has 1 aromatic carbocycles. The smallest absolute Gasteiger partial charge is 0.177 e. The Morgan fingerprint density at radius 3 is 2.29 bits per heavy atom. The van der Waals surface area contributed by atoms with Gasteiger partial charge in [-0.1, -0.05) is 12.2 Å². The number of hydrogen-bond donors (Lipinski definition) is 1. The molecule has 0 spiro atoms. The van der Waals surface area contributed by atoms with Crippen LogP contribution in [0.4, 0.5) is 5.69 Å². The Hall–Kier alpha value is -1.34. The molecule has 1 atom stereocenters. The molecule has 0 aromatic heterocycles. The van der Waals surface area contributed by atoms with Crippen LogP contribution < -0.4 is 5.32 Å². The lowest BCUT2D eigenvalue weighted by atomic mass is 10.0. The lowest BCUT2D eigenvalue weighted by molar-refractivity contribution is 0.599. The van der Waals surface area contributed by atoms with Crippen molar-refractivity contribution in [3.8, 4) is 0 Å². The van der Waals surface area contributed by atoms with Crippen LogP contribution >= 0.6 is 0 Å². The van der Waals surface area contributed by atoms with Gasteiger partial charge in [0.05, 0.1) is 15.5 Å². The second kappa shape index (κ2) is 5.81. The molecule has 1 unspecified atom stereocenters. The van der Waals surface area contributed by atoms with Gasteiger partial charge in [-0.15, -0.1) is 0 Å². The minimum absolute atomic E-state index is 0.0111. The van der Waals surface area contributed by atoms with Crippen LogP contribution in [-0.4, -0.2) is 35.4 Å². The molecule has 1 aliphatic rings. The summed E-state index contributed by atoms with van der Waals surface area (Å²) in [6.45, 7) is 0. The highest BCUT2D eigenvalue weighted by atomic mass is 32.2. The second-order valence-corrected chi connectivity index (χ2v) is 9.33. The molecule has 116 valence electrons. The van der Waals surface area contributed by atoms with E-state index in [9.17, 15) is 16.8 Å². The summed E-state index contributed by atoms with van der Waals surface area (Å²) in [5.41, 5.74) is 0.463. The largest absolute Gasteiger partial charge is 0.381 e. The van der Waals surface area contributed by atoms with Gasteiger partial charge in [0.25, 0.3) is 0 Å². The van der Waals surface area contributed by atoms with Crippen molar-refractivity contribution >= 4 is 25.4 Å². The Kier molecular flexibility index (Phi) is 4.43. The summed E-state index contributed by atoms with van der Waals surface area (Å²) in [6.07, 6.45) is 9.01. The molecule has 2 rings (SSSR count). The van der Waals surface area contributed by atoms with E-state index in [1.54, 1.807) is 0 Å². The van der Waals surface area contributed by atoms with Crippen LogP contribution in [-0.2, 0) is 19.7 Å². The quantitative estimate of drug-likeness (QED) is 0.855. The van der Waals surface area contributed by atoms with Crippen LogP contribution in [0.25, 0.3) is 0 Å². The first-order chi connectivity index (χ1) is 9.68. The number of nitrogens with one attached hydrogen (secondary N) is 1. The van der Waals surface area contributed by atoms with Crippen LogP contribution in [0.1, 0.15) is 19.3 Å². The average Bonchev–Trinajstić information content (AvgIpc) is 2.38. The maximum Gasteiger partial charge on any atom is 0.177 e. The van der Waals surface area contributed by atoms with Crippen molar-refractivity contribution in [2.75, 3.05) is 17.8 Å². The summed E-state index contributed by atoms with van der Waals surface area (Å²) < 4.78 is 47.0. The molecule has 0 saturated carbocycles. The molecule has 0 radical (unpaired) electrons. The molecule has 0 saturated heterocycles. The Balaban J connectivity index is 2.43. The molecule has 1 aromatic rings. The lowest BCUT2D eigenvalue weighted by Gasteiger charge is -2.22. The van der Waals surface area contributed by atoms with Gasteiger partial charge in [-0.3, -0.25) is 0 Å². The van der Waals surface area contributed by atoms with E-state index in [1.807, 2.05) is 0 Å². The number of hydrogen-bond acceptors (Lipinski definition) is 5. The van der Waals surface area contributed by atoms with Crippen LogP contribution in [0.3, 0.4) is 0 Å². The van der Waals surface area contributed by atoms with Gasteiger partial charge in [-0.05, 0) is 37.5 Å². The molecule has 21 heavy (non-hydrogen) atoms. The highest BCUT2D eigenvalue weighted by molar-refractivity contribution is 7.91. The van der Waals surface area contributed by atoms with Crippen molar-refractivity contribution in [1.29, 1.82) is 0 Å². The fraction of sp³-hybridized carbons (Fsp3) is 0.429. The molecule has 0 amide bonds. The number of anilines is 1. The van der Waals surface area contributed by atoms with Gasteiger partial charge in [0.1, 0.15) is 0 Å². The van der Waals surface area contributed by atoms with E-state index < -0.39 is 19.7 Å². The molecule has 0 heterocycles. The van der Waals surface area contributed by atoms with Gasteiger partial charge in [0.2, 0.25) is 0 Å². The average molecular weight is 329 g/mol. The van der Waals surface area contributed by atoms with Crippen molar-refractivity contribution < 1.29 is 16.8 Å². The zero-order chi connectivity index (χ0) is 15.7. The molecular formula is C14H19NO4S2. The zero-order valence-electron chi connectivity index (χ0n) is 12.0. The van der Waals surface area contributed by atoms with Crippen LogP contribution in [0.5, 0.6) is 0 Å². The normalized spacial score (nSPS) is 19.4. The molecule has 5 nitrogen and oxygen atoms in total. The van der Waals surface area contributed by atoms with Gasteiger partial charge in [-0.2, -0.15) is 0 Å². The maximum atomic E-state index is 11.9. The van der Waals surface area contributed by atoms with Crippen LogP contribution in [0, 0.1) is 0 Å². The second-order valence-electron chi connectivity index (χ2n) is 5.33. The Morgan fingerprint density at radius 2 is 1.76 bits per heavy atom. The summed E-state index contributed by atoms with van der Waals surface area (Å²) >= 11 is 0. The molecule has 0 aliphatic heterocycles. The van der Waals surface area contributed by atoms with E-state index >= 15 is 0 Å². The number of benzene rings is 1. The van der Waals surface area contributed by atoms with E-state index in [0.29, 0.717) is 5.69 Å². The molecular weight excluding hydrogens is 310 g/mol. The molecule has 1 N–H and O–H groups in total. The topological polar surface area (TPSA) is 80.3 Å². The third-order valence-corrected chi connectivity index (χ3v) is 5.66. The maximum absolute atomic E-state index is 11.9. The van der Waals surface area contributed by atoms with Crippen molar-refractivity contribution in [3.63, 3.8) is 0 Å². The molecule has 7 heteroatoms. The Labute approximate surface area is 125 Å². The first-order valence-electron chi connectivity index (χ1n) is 6.63. The predicted octanol–water partition coefficient (Wildman–Crippen LogP) is 2.01. The van der Waals surface area contributed by atoms with Gasteiger partial charge >= 0.3 is 0 Å². The third-order valence-electron chi connectivity index (χ3n) is 3.41. The van der Waals surface area contributed by atoms with Crippen molar-refractivity contribution in [2.45, 2.75) is 35.1 Å². The van der Waals surface area contributed by atoms with E-state index in [-0.39, 0.29) is 15.8 Å². The van der Waals surface area contributed by atoms with E-state index in [1.165, 1.54) is 18.2 Å². The highest BCUT2D eigenvalue weighted by Crippen LogP contribution is 2.27. The predicted molar refractivity (Wildman–Crippen MR) is 83.1 cm³/mol. The lowest BCUT2D eigenvalue weighted by Crippen LogP contribution is -2.21. The molecule has 0 fully saturated rings. The third kappa shape index (κ3) is 4.07. The van der Waals surface area contributed by atoms with E-state index in [4.69, 9.17) is 0 Å². The summed E-state index contributed by atoms with van der Waals surface area (Å²) in [5.74, 6) is 0. The highest BCUT2D eigenvalue weighted by Gasteiger charge is 2.20. The monoisotopic (exact) mass is 329 g/mol. The first kappa shape index (κ1) is 16.0. The number of rotatable bonds is 4. The molecule has 1 aliphatic carbocycles.